The van der Waals surface area contributed by atoms with E-state index in [2.05, 4.69) is 15.0 Å². The molecule has 1 aliphatic heterocycles. The Morgan fingerprint density at radius 3 is 2.53 bits per heavy atom. The molecule has 2 amide bonds. The number of carbonyl (C=O) groups is 1. The Morgan fingerprint density at radius 1 is 1.00 bits per heavy atom. The highest BCUT2D eigenvalue weighted by atomic mass is 16.3. The second-order valence-corrected chi connectivity index (χ2v) is 4.03. The molecule has 2 aromatic rings. The molecule has 92 valence electrons. The van der Waals surface area contributed by atoms with Crippen LogP contribution in [0.15, 0.2) is 57.4 Å². The van der Waals surface area contributed by atoms with E-state index in [0.717, 1.165) is 5.56 Å². The summed E-state index contributed by atoms with van der Waals surface area (Å²) in [6.07, 6.45) is 1.68. The molecule has 0 saturated carbocycles. The molecular weight excluding hydrogens is 242 g/mol. The Bertz CT molecular complexity index is 792. The van der Waals surface area contributed by atoms with Gasteiger partial charge in [0.25, 0.3) is 0 Å². The van der Waals surface area contributed by atoms with Crippen molar-refractivity contribution in [2.45, 2.75) is 0 Å². The van der Waals surface area contributed by atoms with Gasteiger partial charge in [0.1, 0.15) is 5.75 Å². The molecule has 1 aliphatic rings. The van der Waals surface area contributed by atoms with Gasteiger partial charge in [0.2, 0.25) is 0 Å². The molecule has 5 heteroatoms. The zero-order valence-corrected chi connectivity index (χ0v) is 9.82. The predicted molar refractivity (Wildman–Crippen MR) is 69.5 cm³/mol. The van der Waals surface area contributed by atoms with E-state index in [1.807, 2.05) is 0 Å². The maximum Gasteiger partial charge on any atom is 0.368 e. The quantitative estimate of drug-likeness (QED) is 0.821. The van der Waals surface area contributed by atoms with Crippen molar-refractivity contribution in [3.63, 3.8) is 0 Å². The largest absolute Gasteiger partial charge is 0.508 e. The summed E-state index contributed by atoms with van der Waals surface area (Å²) in [6.45, 7) is 0. The summed E-state index contributed by atoms with van der Waals surface area (Å²) in [6, 6.07) is 11.4. The van der Waals surface area contributed by atoms with Crippen LogP contribution in [0.25, 0.3) is 0 Å². The molecule has 1 N–H and O–H groups in total. The average Bonchev–Trinajstić information content (AvgIpc) is 2.77. The van der Waals surface area contributed by atoms with Crippen LogP contribution in [-0.2, 0) is 0 Å². The van der Waals surface area contributed by atoms with Crippen molar-refractivity contribution >= 4 is 17.9 Å². The Kier molecular flexibility index (Phi) is 2.64. The Morgan fingerprint density at radius 2 is 1.74 bits per heavy atom. The van der Waals surface area contributed by atoms with Crippen molar-refractivity contribution in [1.82, 2.24) is 0 Å². The summed E-state index contributed by atoms with van der Waals surface area (Å²) >= 11 is 0. The summed E-state index contributed by atoms with van der Waals surface area (Å²) in [4.78, 5) is 22.8. The molecule has 1 heterocycles. The minimum absolute atomic E-state index is 0.216. The SMILES string of the molecule is O=C1N=c2ccc(N=Cc3ccc(O)cc3)cc2=N1. The zero-order valence-electron chi connectivity index (χ0n) is 9.82. The molecule has 0 aromatic heterocycles. The Hall–Kier alpha value is -2.82. The molecular formula is C14H9N3O2. The highest BCUT2D eigenvalue weighted by Gasteiger charge is 2.04. The van der Waals surface area contributed by atoms with E-state index < -0.39 is 6.03 Å². The van der Waals surface area contributed by atoms with Crippen LogP contribution < -0.4 is 10.7 Å². The van der Waals surface area contributed by atoms with Crippen LogP contribution in [0.5, 0.6) is 5.75 Å². The fourth-order valence-corrected chi connectivity index (χ4v) is 1.72. The minimum Gasteiger partial charge on any atom is -0.508 e. The first kappa shape index (κ1) is 11.3. The number of benzene rings is 2. The summed E-state index contributed by atoms with van der Waals surface area (Å²) in [5.74, 6) is 0.216. The van der Waals surface area contributed by atoms with Crippen LogP contribution >= 0.6 is 0 Å². The number of fused-ring (bicyclic) bond motifs is 1. The monoisotopic (exact) mass is 251 g/mol. The molecule has 0 bridgehead atoms. The summed E-state index contributed by atoms with van der Waals surface area (Å²) in [7, 11) is 0. The normalized spacial score (nSPS) is 13.2. The number of aliphatic imine (C=N–C) groups is 1. The molecule has 5 nitrogen and oxygen atoms in total. The fraction of sp³-hybridized carbons (Fsp3) is 0. The first-order valence-corrected chi connectivity index (χ1v) is 5.65. The summed E-state index contributed by atoms with van der Waals surface area (Å²) < 4.78 is 0. The molecule has 0 radical (unpaired) electrons. The van der Waals surface area contributed by atoms with Crippen molar-refractivity contribution in [3.8, 4) is 5.75 Å². The molecule has 2 aromatic carbocycles. The number of carbonyl (C=O) groups excluding carboxylic acids is 1. The highest BCUT2D eigenvalue weighted by molar-refractivity contribution is 5.82. The molecule has 0 spiro atoms. The number of aromatic hydroxyl groups is 1. The Balaban J connectivity index is 1.91. The van der Waals surface area contributed by atoms with Crippen molar-refractivity contribution in [2.24, 2.45) is 15.0 Å². The van der Waals surface area contributed by atoms with Crippen LogP contribution in [0, 0.1) is 0 Å². The van der Waals surface area contributed by atoms with Gasteiger partial charge in [-0.3, -0.25) is 4.99 Å². The molecule has 0 atom stereocenters. The van der Waals surface area contributed by atoms with Gasteiger partial charge < -0.3 is 5.11 Å². The van der Waals surface area contributed by atoms with Gasteiger partial charge in [0, 0.05) is 6.21 Å². The van der Waals surface area contributed by atoms with Crippen LogP contribution in [0.1, 0.15) is 5.56 Å². The van der Waals surface area contributed by atoms with Crippen LogP contribution in [-0.4, -0.2) is 17.4 Å². The number of hydrogen-bond acceptors (Lipinski definition) is 3. The fourth-order valence-electron chi connectivity index (χ4n) is 1.72. The number of urea groups is 1. The van der Waals surface area contributed by atoms with E-state index in [4.69, 9.17) is 0 Å². The lowest BCUT2D eigenvalue weighted by Crippen LogP contribution is -2.20. The second-order valence-electron chi connectivity index (χ2n) is 4.03. The first-order valence-electron chi connectivity index (χ1n) is 5.65. The van der Waals surface area contributed by atoms with E-state index in [1.54, 1.807) is 48.7 Å². The number of amides is 2. The molecule has 0 aliphatic carbocycles. The standard InChI is InChI=1S/C14H9N3O2/c18-11-4-1-9(2-5-11)8-15-10-3-6-12-13(7-10)17-14(19)16-12/h1-8,18H. The zero-order chi connectivity index (χ0) is 13.2. The maximum atomic E-state index is 11.0. The highest BCUT2D eigenvalue weighted by Crippen LogP contribution is 2.10. The molecule has 0 saturated heterocycles. The second kappa shape index (κ2) is 4.45. The third-order valence-corrected chi connectivity index (χ3v) is 2.65. The summed E-state index contributed by atoms with van der Waals surface area (Å²) in [5.41, 5.74) is 1.57. The predicted octanol–water partition coefficient (Wildman–Crippen LogP) is 1.52. The van der Waals surface area contributed by atoms with E-state index in [1.165, 1.54) is 0 Å². The number of hydrogen-bond donors (Lipinski definition) is 1. The molecule has 3 rings (SSSR count). The van der Waals surface area contributed by atoms with Gasteiger partial charge in [-0.25, -0.2) is 4.79 Å². The van der Waals surface area contributed by atoms with Crippen molar-refractivity contribution in [2.75, 3.05) is 0 Å². The van der Waals surface area contributed by atoms with Crippen molar-refractivity contribution in [1.29, 1.82) is 0 Å². The van der Waals surface area contributed by atoms with E-state index in [0.29, 0.717) is 16.4 Å². The lowest BCUT2D eigenvalue weighted by Gasteiger charge is -1.94. The van der Waals surface area contributed by atoms with Gasteiger partial charge >= 0.3 is 6.03 Å². The van der Waals surface area contributed by atoms with Gasteiger partial charge in [-0.15, -0.1) is 0 Å². The van der Waals surface area contributed by atoms with Gasteiger partial charge in [0.05, 0.1) is 16.4 Å². The topological polar surface area (TPSA) is 74.4 Å². The summed E-state index contributed by atoms with van der Waals surface area (Å²) in [5, 5.41) is 10.3. The minimum atomic E-state index is -0.477. The van der Waals surface area contributed by atoms with E-state index in [-0.39, 0.29) is 5.75 Å². The first-order chi connectivity index (χ1) is 9.20. The number of rotatable bonds is 2. The number of nitrogens with zero attached hydrogens (tertiary/aromatic N) is 3. The van der Waals surface area contributed by atoms with Crippen LogP contribution in [0.4, 0.5) is 10.5 Å². The lowest BCUT2D eigenvalue weighted by molar-refractivity contribution is 0.256. The average molecular weight is 251 g/mol. The molecule has 19 heavy (non-hydrogen) atoms. The third kappa shape index (κ3) is 2.40. The van der Waals surface area contributed by atoms with Gasteiger partial charge in [-0.05, 0) is 48.0 Å². The maximum absolute atomic E-state index is 11.0. The van der Waals surface area contributed by atoms with Crippen molar-refractivity contribution < 1.29 is 9.90 Å². The Labute approximate surface area is 108 Å². The lowest BCUT2D eigenvalue weighted by atomic mass is 10.2. The third-order valence-electron chi connectivity index (χ3n) is 2.65. The number of phenolic OH excluding ortho intramolecular Hbond substituents is 1. The molecule has 0 unspecified atom stereocenters. The van der Waals surface area contributed by atoms with Gasteiger partial charge in [0.15, 0.2) is 0 Å². The van der Waals surface area contributed by atoms with Gasteiger partial charge in [-0.1, -0.05) is 0 Å². The van der Waals surface area contributed by atoms with E-state index >= 15 is 0 Å². The van der Waals surface area contributed by atoms with Crippen LogP contribution in [0.2, 0.25) is 0 Å². The van der Waals surface area contributed by atoms with Crippen LogP contribution in [0.3, 0.4) is 0 Å². The molecule has 0 fully saturated rings. The van der Waals surface area contributed by atoms with Crippen molar-refractivity contribution in [3.05, 3.63) is 58.7 Å². The number of phenols is 1. The van der Waals surface area contributed by atoms with Gasteiger partial charge in [-0.2, -0.15) is 9.98 Å². The smallest absolute Gasteiger partial charge is 0.368 e. The van der Waals surface area contributed by atoms with E-state index in [9.17, 15) is 9.90 Å².